The van der Waals surface area contributed by atoms with Gasteiger partial charge in [-0.3, -0.25) is 0 Å². The van der Waals surface area contributed by atoms with Crippen LogP contribution in [-0.2, 0) is 6.42 Å². The van der Waals surface area contributed by atoms with Crippen LogP contribution in [0.4, 0.5) is 0 Å². The van der Waals surface area contributed by atoms with Crippen LogP contribution in [0.2, 0.25) is 0 Å². The van der Waals surface area contributed by atoms with Gasteiger partial charge in [0.15, 0.2) is 0 Å². The molecule has 0 saturated heterocycles. The molecule has 0 fully saturated rings. The molecule has 92 valence electrons. The average Bonchev–Trinajstić information content (AvgIpc) is 2.58. The standard InChI is InChI=1S/C12H23N3S/c1-9(2)6-11(13)7-14-5-4-12-15-10(3)8-16-12/h8-9,11,14H,4-7,13H2,1-3H3. The minimum atomic E-state index is 0.276. The van der Waals surface area contributed by atoms with E-state index in [-0.39, 0.29) is 6.04 Å². The zero-order chi connectivity index (χ0) is 12.0. The number of hydrogen-bond donors (Lipinski definition) is 2. The summed E-state index contributed by atoms with van der Waals surface area (Å²) in [5.41, 5.74) is 7.10. The van der Waals surface area contributed by atoms with Gasteiger partial charge in [-0.05, 0) is 19.3 Å². The average molecular weight is 241 g/mol. The van der Waals surface area contributed by atoms with E-state index in [1.807, 2.05) is 6.92 Å². The van der Waals surface area contributed by atoms with Crippen molar-refractivity contribution in [3.05, 3.63) is 16.1 Å². The molecule has 0 aromatic carbocycles. The van der Waals surface area contributed by atoms with Crippen LogP contribution < -0.4 is 11.1 Å². The molecule has 0 spiro atoms. The van der Waals surface area contributed by atoms with Gasteiger partial charge >= 0.3 is 0 Å². The van der Waals surface area contributed by atoms with Gasteiger partial charge in [-0.2, -0.15) is 0 Å². The van der Waals surface area contributed by atoms with Crippen LogP contribution in [0.1, 0.15) is 31.0 Å². The van der Waals surface area contributed by atoms with Gasteiger partial charge in [-0.25, -0.2) is 4.98 Å². The van der Waals surface area contributed by atoms with Gasteiger partial charge in [-0.1, -0.05) is 13.8 Å². The summed E-state index contributed by atoms with van der Waals surface area (Å²) in [6, 6.07) is 0.276. The molecular formula is C12H23N3S. The van der Waals surface area contributed by atoms with Crippen molar-refractivity contribution in [2.24, 2.45) is 11.7 Å². The first-order chi connectivity index (χ1) is 7.58. The predicted octanol–water partition coefficient (Wildman–Crippen LogP) is 1.96. The molecule has 1 heterocycles. The molecular weight excluding hydrogens is 218 g/mol. The summed E-state index contributed by atoms with van der Waals surface area (Å²) in [6.07, 6.45) is 2.09. The van der Waals surface area contributed by atoms with Crippen molar-refractivity contribution in [1.82, 2.24) is 10.3 Å². The van der Waals surface area contributed by atoms with E-state index in [1.54, 1.807) is 11.3 Å². The molecule has 4 heteroatoms. The molecule has 0 saturated carbocycles. The van der Waals surface area contributed by atoms with Crippen LogP contribution in [0.15, 0.2) is 5.38 Å². The molecule has 3 nitrogen and oxygen atoms in total. The summed E-state index contributed by atoms with van der Waals surface area (Å²) in [5, 5.41) is 6.70. The zero-order valence-electron chi connectivity index (χ0n) is 10.5. The van der Waals surface area contributed by atoms with E-state index >= 15 is 0 Å². The molecule has 1 atom stereocenters. The molecule has 1 aromatic rings. The monoisotopic (exact) mass is 241 g/mol. The maximum Gasteiger partial charge on any atom is 0.0940 e. The highest BCUT2D eigenvalue weighted by Crippen LogP contribution is 2.08. The van der Waals surface area contributed by atoms with E-state index in [0.717, 1.165) is 31.6 Å². The third-order valence-corrected chi connectivity index (χ3v) is 3.39. The molecule has 0 bridgehead atoms. The molecule has 1 unspecified atom stereocenters. The SMILES string of the molecule is Cc1csc(CCNCC(N)CC(C)C)n1. The van der Waals surface area contributed by atoms with Crippen molar-refractivity contribution in [2.45, 2.75) is 39.7 Å². The van der Waals surface area contributed by atoms with Crippen LogP contribution in [0.5, 0.6) is 0 Å². The van der Waals surface area contributed by atoms with Gasteiger partial charge in [-0.15, -0.1) is 11.3 Å². The predicted molar refractivity (Wildman–Crippen MR) is 70.9 cm³/mol. The lowest BCUT2D eigenvalue weighted by molar-refractivity contribution is 0.469. The highest BCUT2D eigenvalue weighted by Gasteiger charge is 2.05. The topological polar surface area (TPSA) is 50.9 Å². The van der Waals surface area contributed by atoms with Gasteiger partial charge in [0.1, 0.15) is 0 Å². The summed E-state index contributed by atoms with van der Waals surface area (Å²) in [6.45, 7) is 8.32. The number of nitrogens with zero attached hydrogens (tertiary/aromatic N) is 1. The largest absolute Gasteiger partial charge is 0.327 e. The normalized spacial score (nSPS) is 13.3. The number of nitrogens with two attached hydrogens (primary N) is 1. The van der Waals surface area contributed by atoms with Crippen molar-refractivity contribution in [1.29, 1.82) is 0 Å². The number of nitrogens with one attached hydrogen (secondary N) is 1. The fraction of sp³-hybridized carbons (Fsp3) is 0.750. The second-order valence-electron chi connectivity index (χ2n) is 4.73. The van der Waals surface area contributed by atoms with Crippen molar-refractivity contribution in [3.63, 3.8) is 0 Å². The van der Waals surface area contributed by atoms with Crippen molar-refractivity contribution >= 4 is 11.3 Å². The molecule has 0 aliphatic heterocycles. The van der Waals surface area contributed by atoms with E-state index in [2.05, 4.69) is 29.5 Å². The number of aromatic nitrogens is 1. The third-order valence-electron chi connectivity index (χ3n) is 2.36. The van der Waals surface area contributed by atoms with Crippen LogP contribution in [-0.4, -0.2) is 24.1 Å². The van der Waals surface area contributed by atoms with Crippen molar-refractivity contribution < 1.29 is 0 Å². The summed E-state index contributed by atoms with van der Waals surface area (Å²) in [4.78, 5) is 4.42. The maximum absolute atomic E-state index is 5.98. The van der Waals surface area contributed by atoms with E-state index < -0.39 is 0 Å². The maximum atomic E-state index is 5.98. The minimum absolute atomic E-state index is 0.276. The Balaban J connectivity index is 2.07. The second kappa shape index (κ2) is 6.99. The van der Waals surface area contributed by atoms with Gasteiger partial charge in [0.2, 0.25) is 0 Å². The van der Waals surface area contributed by atoms with Crippen LogP contribution in [0.25, 0.3) is 0 Å². The van der Waals surface area contributed by atoms with E-state index in [4.69, 9.17) is 5.73 Å². The molecule has 0 aliphatic carbocycles. The fourth-order valence-corrected chi connectivity index (χ4v) is 2.47. The first kappa shape index (κ1) is 13.6. The Kier molecular flexibility index (Phi) is 5.95. The first-order valence-electron chi connectivity index (χ1n) is 5.95. The van der Waals surface area contributed by atoms with Gasteiger partial charge in [0.05, 0.1) is 5.01 Å². The number of thiazole rings is 1. The van der Waals surface area contributed by atoms with Gasteiger partial charge < -0.3 is 11.1 Å². The number of rotatable bonds is 7. The summed E-state index contributed by atoms with van der Waals surface area (Å²) >= 11 is 1.74. The van der Waals surface area contributed by atoms with Gasteiger partial charge in [0.25, 0.3) is 0 Å². The highest BCUT2D eigenvalue weighted by atomic mass is 32.1. The molecule has 0 radical (unpaired) electrons. The quantitative estimate of drug-likeness (QED) is 0.718. The summed E-state index contributed by atoms with van der Waals surface area (Å²) in [7, 11) is 0. The van der Waals surface area contributed by atoms with Crippen LogP contribution in [0, 0.1) is 12.8 Å². The Labute approximate surface area is 102 Å². The Morgan fingerprint density at radius 3 is 2.81 bits per heavy atom. The molecule has 1 rings (SSSR count). The Morgan fingerprint density at radius 2 is 2.25 bits per heavy atom. The number of hydrogen-bond acceptors (Lipinski definition) is 4. The molecule has 1 aromatic heterocycles. The fourth-order valence-electron chi connectivity index (χ4n) is 1.69. The van der Waals surface area contributed by atoms with Crippen LogP contribution in [0.3, 0.4) is 0 Å². The molecule has 16 heavy (non-hydrogen) atoms. The van der Waals surface area contributed by atoms with Crippen molar-refractivity contribution in [3.8, 4) is 0 Å². The smallest absolute Gasteiger partial charge is 0.0940 e. The summed E-state index contributed by atoms with van der Waals surface area (Å²) < 4.78 is 0. The summed E-state index contributed by atoms with van der Waals surface area (Å²) in [5.74, 6) is 0.679. The van der Waals surface area contributed by atoms with Crippen LogP contribution >= 0.6 is 11.3 Å². The molecule has 3 N–H and O–H groups in total. The molecule has 0 amide bonds. The minimum Gasteiger partial charge on any atom is -0.327 e. The molecule has 0 aliphatic rings. The third kappa shape index (κ3) is 5.58. The van der Waals surface area contributed by atoms with E-state index in [0.29, 0.717) is 5.92 Å². The lowest BCUT2D eigenvalue weighted by atomic mass is 10.0. The highest BCUT2D eigenvalue weighted by molar-refractivity contribution is 7.09. The Bertz CT molecular complexity index is 296. The Hall–Kier alpha value is -0.450. The second-order valence-corrected chi connectivity index (χ2v) is 5.67. The van der Waals surface area contributed by atoms with E-state index in [1.165, 1.54) is 5.01 Å². The van der Waals surface area contributed by atoms with Gasteiger partial charge in [0, 0.05) is 36.6 Å². The lowest BCUT2D eigenvalue weighted by Crippen LogP contribution is -2.35. The Morgan fingerprint density at radius 1 is 1.50 bits per heavy atom. The first-order valence-corrected chi connectivity index (χ1v) is 6.83. The van der Waals surface area contributed by atoms with Crippen molar-refractivity contribution in [2.75, 3.05) is 13.1 Å². The van der Waals surface area contributed by atoms with E-state index in [9.17, 15) is 0 Å². The zero-order valence-corrected chi connectivity index (χ0v) is 11.3. The lowest BCUT2D eigenvalue weighted by Gasteiger charge is -2.14. The number of aryl methyl sites for hydroxylation is 1.